The topological polar surface area (TPSA) is 61.0 Å². The van der Waals surface area contributed by atoms with Crippen molar-refractivity contribution in [2.45, 2.75) is 19.8 Å². The van der Waals surface area contributed by atoms with Gasteiger partial charge in [-0.05, 0) is 24.6 Å². The van der Waals surface area contributed by atoms with Crippen LogP contribution in [0.25, 0.3) is 0 Å². The molecule has 0 aliphatic heterocycles. The van der Waals surface area contributed by atoms with Crippen LogP contribution in [0.3, 0.4) is 0 Å². The van der Waals surface area contributed by atoms with Gasteiger partial charge in [-0.2, -0.15) is 5.10 Å². The van der Waals surface area contributed by atoms with E-state index in [0.29, 0.717) is 16.4 Å². The third-order valence-corrected chi connectivity index (χ3v) is 3.37. The number of nitrogens with one attached hydrogen (secondary N) is 2. The molecule has 0 saturated heterocycles. The number of carbonyl (C=O) groups excluding carboxylic acids is 1. The second-order valence-electron chi connectivity index (χ2n) is 5.01. The van der Waals surface area contributed by atoms with E-state index in [1.165, 1.54) is 0 Å². The van der Waals surface area contributed by atoms with Crippen molar-refractivity contribution in [3.63, 3.8) is 0 Å². The third-order valence-electron chi connectivity index (χ3n) is 3.07. The fraction of sp³-hybridized carbons (Fsp3) is 0.333. The summed E-state index contributed by atoms with van der Waals surface area (Å²) in [6.45, 7) is 2.08. The van der Waals surface area contributed by atoms with E-state index in [4.69, 9.17) is 11.6 Å². The van der Waals surface area contributed by atoms with E-state index < -0.39 is 0 Å². The highest BCUT2D eigenvalue weighted by atomic mass is 35.5. The van der Waals surface area contributed by atoms with Crippen LogP contribution in [0, 0.1) is 0 Å². The molecular weight excluding hydrogens is 288 g/mol. The smallest absolute Gasteiger partial charge is 0.276 e. The molecule has 0 spiro atoms. The van der Waals surface area contributed by atoms with E-state index in [1.807, 2.05) is 25.1 Å². The van der Waals surface area contributed by atoms with Gasteiger partial charge in [0.2, 0.25) is 0 Å². The first-order valence-electron chi connectivity index (χ1n) is 6.84. The zero-order valence-electron chi connectivity index (χ0n) is 12.4. The predicted octanol–water partition coefficient (Wildman–Crippen LogP) is 3.33. The number of nitrogens with zero attached hydrogens (tertiary/aromatic N) is 2. The van der Waals surface area contributed by atoms with Gasteiger partial charge in [-0.1, -0.05) is 31.0 Å². The van der Waals surface area contributed by atoms with Crippen LogP contribution in [0.5, 0.6) is 0 Å². The van der Waals surface area contributed by atoms with Crippen LogP contribution < -0.4 is 10.2 Å². The van der Waals surface area contributed by atoms with E-state index in [-0.39, 0.29) is 5.91 Å². The van der Waals surface area contributed by atoms with Crippen LogP contribution >= 0.6 is 11.6 Å². The number of aryl methyl sites for hydroxylation is 1. The molecule has 0 saturated carbocycles. The lowest BCUT2D eigenvalue weighted by atomic mass is 10.2. The fourth-order valence-electron chi connectivity index (χ4n) is 2.13. The number of carbonyl (C=O) groups is 1. The van der Waals surface area contributed by atoms with E-state index in [9.17, 15) is 4.79 Å². The molecule has 112 valence electrons. The Hall–Kier alpha value is -2.01. The second kappa shape index (κ2) is 6.63. The summed E-state index contributed by atoms with van der Waals surface area (Å²) >= 11 is 6.18. The van der Waals surface area contributed by atoms with Crippen LogP contribution in [-0.2, 0) is 6.42 Å². The Kier molecular flexibility index (Phi) is 4.85. The molecule has 2 N–H and O–H groups in total. The Bertz CT molecular complexity index is 636. The minimum Gasteiger partial charge on any atom is -0.375 e. The van der Waals surface area contributed by atoms with Crippen LogP contribution in [0.4, 0.5) is 11.4 Å². The first-order chi connectivity index (χ1) is 10.0. The summed E-state index contributed by atoms with van der Waals surface area (Å²) in [7, 11) is 3.76. The second-order valence-corrected chi connectivity index (χ2v) is 5.42. The van der Waals surface area contributed by atoms with Gasteiger partial charge >= 0.3 is 0 Å². The maximum atomic E-state index is 12.3. The standard InChI is InChI=1S/C15H19ClN4O/c1-4-6-10-9-13(19-18-10)15(21)17-12-8-5-7-11(16)14(12)20(2)3/h5,7-9H,4,6H2,1-3H3,(H,17,21)(H,18,19). The number of aromatic nitrogens is 2. The zero-order chi connectivity index (χ0) is 15.4. The number of para-hydroxylation sites is 1. The van der Waals surface area contributed by atoms with Crippen molar-refractivity contribution in [1.29, 1.82) is 0 Å². The van der Waals surface area contributed by atoms with Gasteiger partial charge in [0.15, 0.2) is 5.69 Å². The number of rotatable bonds is 5. The first-order valence-corrected chi connectivity index (χ1v) is 7.22. The number of anilines is 2. The van der Waals surface area contributed by atoms with E-state index in [1.54, 1.807) is 18.2 Å². The third kappa shape index (κ3) is 3.55. The normalized spacial score (nSPS) is 10.5. The van der Waals surface area contributed by atoms with Crippen LogP contribution in [-0.4, -0.2) is 30.2 Å². The first kappa shape index (κ1) is 15.4. The number of amides is 1. The number of hydrogen-bond donors (Lipinski definition) is 2. The Morgan fingerprint density at radius 3 is 2.86 bits per heavy atom. The SMILES string of the molecule is CCCc1cc(C(=O)Nc2cccc(Cl)c2N(C)C)n[nH]1. The molecule has 6 heteroatoms. The van der Waals surface area contributed by atoms with Crippen LogP contribution in [0.2, 0.25) is 5.02 Å². The predicted molar refractivity (Wildman–Crippen MR) is 86.3 cm³/mol. The quantitative estimate of drug-likeness (QED) is 0.890. The minimum atomic E-state index is -0.251. The van der Waals surface area contributed by atoms with Gasteiger partial charge in [-0.15, -0.1) is 0 Å². The molecular formula is C15H19ClN4O. The maximum Gasteiger partial charge on any atom is 0.276 e. The molecule has 1 aromatic carbocycles. The molecule has 5 nitrogen and oxygen atoms in total. The number of hydrogen-bond acceptors (Lipinski definition) is 3. The van der Waals surface area contributed by atoms with Crippen LogP contribution in [0.15, 0.2) is 24.3 Å². The molecule has 0 aliphatic rings. The van der Waals surface area contributed by atoms with Crippen LogP contribution in [0.1, 0.15) is 29.5 Å². The monoisotopic (exact) mass is 306 g/mol. The van der Waals surface area contributed by atoms with E-state index in [2.05, 4.69) is 22.4 Å². The van der Waals surface area contributed by atoms with Gasteiger partial charge < -0.3 is 10.2 Å². The van der Waals surface area contributed by atoms with Crippen molar-refractivity contribution in [3.05, 3.63) is 40.7 Å². The zero-order valence-corrected chi connectivity index (χ0v) is 13.2. The Morgan fingerprint density at radius 2 is 2.19 bits per heavy atom. The molecule has 1 heterocycles. The van der Waals surface area contributed by atoms with Gasteiger partial charge in [0.05, 0.1) is 16.4 Å². The Morgan fingerprint density at radius 1 is 1.43 bits per heavy atom. The van der Waals surface area contributed by atoms with Gasteiger partial charge in [0.1, 0.15) is 0 Å². The summed E-state index contributed by atoms with van der Waals surface area (Å²) in [5.41, 5.74) is 2.78. The summed E-state index contributed by atoms with van der Waals surface area (Å²) in [4.78, 5) is 14.1. The lowest BCUT2D eigenvalue weighted by molar-refractivity contribution is 0.102. The largest absolute Gasteiger partial charge is 0.375 e. The number of halogens is 1. The maximum absolute atomic E-state index is 12.3. The highest BCUT2D eigenvalue weighted by Crippen LogP contribution is 2.32. The molecule has 0 aliphatic carbocycles. The van der Waals surface area contributed by atoms with Gasteiger partial charge in [0, 0.05) is 19.8 Å². The summed E-state index contributed by atoms with van der Waals surface area (Å²) in [6.07, 6.45) is 1.88. The highest BCUT2D eigenvalue weighted by Gasteiger charge is 2.15. The van der Waals surface area contributed by atoms with Gasteiger partial charge in [-0.3, -0.25) is 9.89 Å². The molecule has 0 atom stereocenters. The fourth-order valence-corrected chi connectivity index (χ4v) is 2.48. The Balaban J connectivity index is 2.21. The molecule has 0 radical (unpaired) electrons. The van der Waals surface area contributed by atoms with Gasteiger partial charge in [-0.25, -0.2) is 0 Å². The summed E-state index contributed by atoms with van der Waals surface area (Å²) < 4.78 is 0. The molecule has 21 heavy (non-hydrogen) atoms. The summed E-state index contributed by atoms with van der Waals surface area (Å²) in [6, 6.07) is 7.19. The molecule has 0 fully saturated rings. The summed E-state index contributed by atoms with van der Waals surface area (Å²) in [5, 5.41) is 10.4. The van der Waals surface area contributed by atoms with Crippen molar-refractivity contribution in [2.75, 3.05) is 24.3 Å². The Labute approximate surface area is 129 Å². The van der Waals surface area contributed by atoms with Crippen molar-refractivity contribution < 1.29 is 4.79 Å². The molecule has 0 bridgehead atoms. The molecule has 1 amide bonds. The van der Waals surface area contributed by atoms with Crippen molar-refractivity contribution in [1.82, 2.24) is 10.2 Å². The van der Waals surface area contributed by atoms with Crippen molar-refractivity contribution in [2.24, 2.45) is 0 Å². The summed E-state index contributed by atoms with van der Waals surface area (Å²) in [5.74, 6) is -0.251. The van der Waals surface area contributed by atoms with Crippen molar-refractivity contribution in [3.8, 4) is 0 Å². The number of H-pyrrole nitrogens is 1. The number of benzene rings is 1. The average molecular weight is 307 g/mol. The molecule has 2 rings (SSSR count). The lowest BCUT2D eigenvalue weighted by Gasteiger charge is -2.19. The van der Waals surface area contributed by atoms with Gasteiger partial charge in [0.25, 0.3) is 5.91 Å². The van der Waals surface area contributed by atoms with E-state index in [0.717, 1.165) is 24.2 Å². The lowest BCUT2D eigenvalue weighted by Crippen LogP contribution is -2.17. The molecule has 0 unspecified atom stereocenters. The average Bonchev–Trinajstić information content (AvgIpc) is 2.87. The highest BCUT2D eigenvalue weighted by molar-refractivity contribution is 6.34. The van der Waals surface area contributed by atoms with E-state index >= 15 is 0 Å². The van der Waals surface area contributed by atoms with Crippen molar-refractivity contribution >= 4 is 28.9 Å². The molecule has 2 aromatic rings. The molecule has 1 aromatic heterocycles. The number of aromatic amines is 1. The minimum absolute atomic E-state index is 0.251.